The van der Waals surface area contributed by atoms with E-state index in [2.05, 4.69) is 5.32 Å². The molecule has 7 nitrogen and oxygen atoms in total. The van der Waals surface area contributed by atoms with Crippen LogP contribution in [0.15, 0.2) is 54.6 Å². The summed E-state index contributed by atoms with van der Waals surface area (Å²) < 4.78 is 0. The molecule has 148 valence electrons. The second kappa shape index (κ2) is 9.45. The summed E-state index contributed by atoms with van der Waals surface area (Å²) in [6.07, 6.45) is 0.414. The normalized spacial score (nSPS) is 16.1. The molecule has 1 aliphatic rings. The Hall–Kier alpha value is -2.74. The third-order valence-corrected chi connectivity index (χ3v) is 4.80. The Balaban J connectivity index is 1.55. The number of carbonyl (C=O) groups is 2. The molecule has 1 fully saturated rings. The summed E-state index contributed by atoms with van der Waals surface area (Å²) in [6.45, 7) is 2.21. The summed E-state index contributed by atoms with van der Waals surface area (Å²) >= 11 is 0. The molecule has 1 unspecified atom stereocenters. The fourth-order valence-electron chi connectivity index (χ4n) is 3.24. The number of benzene rings is 2. The lowest BCUT2D eigenvalue weighted by molar-refractivity contribution is -0.121. The second-order valence-electron chi connectivity index (χ2n) is 6.88. The minimum atomic E-state index is -0.658. The van der Waals surface area contributed by atoms with Gasteiger partial charge >= 0.3 is 0 Å². The summed E-state index contributed by atoms with van der Waals surface area (Å²) in [7, 11) is 0. The molecule has 2 amide bonds. The quantitative estimate of drug-likeness (QED) is 0.659. The molecule has 2 aromatic carbocycles. The SMILES string of the molecule is NC(Cc1ccc(N2CCN(CCO)CC2=O)cc1)C(=O)Nc1ccccc1. The molecule has 3 rings (SSSR count). The molecular formula is C21H26N4O3. The first kappa shape index (κ1) is 20.0. The Morgan fingerprint density at radius 3 is 2.46 bits per heavy atom. The smallest absolute Gasteiger partial charge is 0.241 e. The van der Waals surface area contributed by atoms with Crippen molar-refractivity contribution in [2.75, 3.05) is 43.0 Å². The number of β-amino-alcohol motifs (C(OH)–C–C–N with tert-alkyl or cyclic N) is 1. The Bertz CT molecular complexity index is 795. The van der Waals surface area contributed by atoms with Crippen LogP contribution < -0.4 is 16.0 Å². The Morgan fingerprint density at radius 1 is 1.11 bits per heavy atom. The van der Waals surface area contributed by atoms with Crippen LogP contribution in [0, 0.1) is 0 Å². The van der Waals surface area contributed by atoms with Crippen molar-refractivity contribution in [1.29, 1.82) is 0 Å². The lowest BCUT2D eigenvalue weighted by atomic mass is 10.0. The van der Waals surface area contributed by atoms with E-state index >= 15 is 0 Å². The highest BCUT2D eigenvalue weighted by Gasteiger charge is 2.24. The van der Waals surface area contributed by atoms with Gasteiger partial charge in [-0.15, -0.1) is 0 Å². The molecule has 1 atom stereocenters. The maximum Gasteiger partial charge on any atom is 0.241 e. The lowest BCUT2D eigenvalue weighted by Crippen LogP contribution is -2.51. The van der Waals surface area contributed by atoms with Gasteiger partial charge in [0.15, 0.2) is 0 Å². The highest BCUT2D eigenvalue weighted by molar-refractivity contribution is 5.96. The number of aliphatic hydroxyl groups excluding tert-OH is 1. The van der Waals surface area contributed by atoms with Crippen molar-refractivity contribution in [3.8, 4) is 0 Å². The van der Waals surface area contributed by atoms with Gasteiger partial charge in [-0.2, -0.15) is 0 Å². The molecule has 0 spiro atoms. The fourth-order valence-corrected chi connectivity index (χ4v) is 3.24. The maximum absolute atomic E-state index is 12.3. The van der Waals surface area contributed by atoms with E-state index in [1.54, 1.807) is 4.90 Å². The molecule has 28 heavy (non-hydrogen) atoms. The third-order valence-electron chi connectivity index (χ3n) is 4.80. The standard InChI is InChI=1S/C21H26N4O3/c22-19(21(28)23-17-4-2-1-3-5-17)14-16-6-8-18(9-7-16)25-11-10-24(12-13-26)15-20(25)27/h1-9,19,26H,10-15,22H2,(H,23,28). The van der Waals surface area contributed by atoms with Crippen LogP contribution in [0.1, 0.15) is 5.56 Å². The average molecular weight is 382 g/mol. The number of nitrogens with zero attached hydrogens (tertiary/aromatic N) is 2. The van der Waals surface area contributed by atoms with Crippen molar-refractivity contribution >= 4 is 23.2 Å². The van der Waals surface area contributed by atoms with Gasteiger partial charge in [-0.25, -0.2) is 0 Å². The van der Waals surface area contributed by atoms with Crippen LogP contribution in [0.2, 0.25) is 0 Å². The molecule has 0 aromatic heterocycles. The monoisotopic (exact) mass is 382 g/mol. The predicted octanol–water partition coefficient (Wildman–Crippen LogP) is 0.836. The largest absolute Gasteiger partial charge is 0.395 e. The van der Waals surface area contributed by atoms with Crippen LogP contribution >= 0.6 is 0 Å². The number of para-hydroxylation sites is 1. The molecule has 0 saturated carbocycles. The van der Waals surface area contributed by atoms with Crippen LogP contribution in [0.5, 0.6) is 0 Å². The molecule has 0 bridgehead atoms. The predicted molar refractivity (Wildman–Crippen MR) is 109 cm³/mol. The molecular weight excluding hydrogens is 356 g/mol. The molecule has 0 radical (unpaired) electrons. The van der Waals surface area contributed by atoms with Gasteiger partial charge in [0.2, 0.25) is 11.8 Å². The zero-order chi connectivity index (χ0) is 19.9. The summed E-state index contributed by atoms with van der Waals surface area (Å²) in [6, 6.07) is 16.1. The van der Waals surface area contributed by atoms with E-state index in [9.17, 15) is 9.59 Å². The first-order valence-corrected chi connectivity index (χ1v) is 9.41. The number of amides is 2. The first-order valence-electron chi connectivity index (χ1n) is 9.41. The fraction of sp³-hybridized carbons (Fsp3) is 0.333. The number of carbonyl (C=O) groups excluding carboxylic acids is 2. The second-order valence-corrected chi connectivity index (χ2v) is 6.88. The summed E-state index contributed by atoms with van der Waals surface area (Å²) in [5, 5.41) is 11.8. The molecule has 7 heteroatoms. The van der Waals surface area contributed by atoms with Crippen molar-refractivity contribution in [3.63, 3.8) is 0 Å². The van der Waals surface area contributed by atoms with Gasteiger partial charge < -0.3 is 21.1 Å². The van der Waals surface area contributed by atoms with Gasteiger partial charge in [-0.3, -0.25) is 14.5 Å². The van der Waals surface area contributed by atoms with Gasteiger partial charge in [0.05, 0.1) is 19.2 Å². The zero-order valence-corrected chi connectivity index (χ0v) is 15.8. The topological polar surface area (TPSA) is 98.9 Å². The van der Waals surface area contributed by atoms with E-state index < -0.39 is 6.04 Å². The molecule has 0 aliphatic carbocycles. The number of nitrogens with two attached hydrogens (primary N) is 1. The van der Waals surface area contributed by atoms with Gasteiger partial charge in [0.1, 0.15) is 0 Å². The Morgan fingerprint density at radius 2 is 1.82 bits per heavy atom. The first-order chi connectivity index (χ1) is 13.6. The summed E-state index contributed by atoms with van der Waals surface area (Å²) in [5.74, 6) is -0.211. The lowest BCUT2D eigenvalue weighted by Gasteiger charge is -2.34. The number of hydrogen-bond acceptors (Lipinski definition) is 5. The minimum absolute atomic E-state index is 0.0198. The molecule has 2 aromatic rings. The van der Waals surface area contributed by atoms with Crippen molar-refractivity contribution in [1.82, 2.24) is 4.90 Å². The summed E-state index contributed by atoms with van der Waals surface area (Å²) in [4.78, 5) is 28.3. The van der Waals surface area contributed by atoms with E-state index in [-0.39, 0.29) is 18.4 Å². The molecule has 4 N–H and O–H groups in total. The molecule has 1 saturated heterocycles. The van der Waals surface area contributed by atoms with Crippen LogP contribution in [0.3, 0.4) is 0 Å². The highest BCUT2D eigenvalue weighted by atomic mass is 16.3. The van der Waals surface area contributed by atoms with Crippen LogP contribution in [0.25, 0.3) is 0 Å². The average Bonchev–Trinajstić information content (AvgIpc) is 2.70. The van der Waals surface area contributed by atoms with Crippen molar-refractivity contribution in [2.45, 2.75) is 12.5 Å². The summed E-state index contributed by atoms with van der Waals surface area (Å²) in [5.41, 5.74) is 8.53. The Labute approximate surface area is 164 Å². The molecule has 1 heterocycles. The van der Waals surface area contributed by atoms with E-state index in [0.717, 1.165) is 23.5 Å². The van der Waals surface area contributed by atoms with Crippen molar-refractivity contribution < 1.29 is 14.7 Å². The van der Waals surface area contributed by atoms with Gasteiger partial charge in [-0.05, 0) is 36.2 Å². The number of rotatable bonds is 7. The van der Waals surface area contributed by atoms with E-state index in [1.807, 2.05) is 59.5 Å². The van der Waals surface area contributed by atoms with Crippen LogP contribution in [-0.2, 0) is 16.0 Å². The number of anilines is 2. The number of aliphatic hydroxyl groups is 1. The number of nitrogens with one attached hydrogen (secondary N) is 1. The van der Waals surface area contributed by atoms with Crippen LogP contribution in [0.4, 0.5) is 11.4 Å². The van der Waals surface area contributed by atoms with Crippen molar-refractivity contribution in [2.24, 2.45) is 5.73 Å². The zero-order valence-electron chi connectivity index (χ0n) is 15.8. The van der Waals surface area contributed by atoms with Gasteiger partial charge in [0, 0.05) is 31.0 Å². The Kier molecular flexibility index (Phi) is 6.76. The highest BCUT2D eigenvalue weighted by Crippen LogP contribution is 2.19. The third kappa shape index (κ3) is 5.16. The maximum atomic E-state index is 12.3. The minimum Gasteiger partial charge on any atom is -0.395 e. The van der Waals surface area contributed by atoms with E-state index in [1.165, 1.54) is 0 Å². The number of piperazine rings is 1. The number of hydrogen-bond donors (Lipinski definition) is 3. The van der Waals surface area contributed by atoms with E-state index in [4.69, 9.17) is 10.8 Å². The van der Waals surface area contributed by atoms with Gasteiger partial charge in [0.25, 0.3) is 0 Å². The van der Waals surface area contributed by atoms with E-state index in [0.29, 0.717) is 26.1 Å². The van der Waals surface area contributed by atoms with Crippen molar-refractivity contribution in [3.05, 3.63) is 60.2 Å². The van der Waals surface area contributed by atoms with Gasteiger partial charge in [-0.1, -0.05) is 30.3 Å². The van der Waals surface area contributed by atoms with Crippen LogP contribution in [-0.4, -0.2) is 60.6 Å². The molecule has 1 aliphatic heterocycles.